The van der Waals surface area contributed by atoms with E-state index in [9.17, 15) is 13.2 Å². The molecular weight excluding hydrogens is 389 g/mol. The first-order chi connectivity index (χ1) is 11.7. The second kappa shape index (κ2) is 8.18. The SMILES string of the molecule is Cc1nc(S(=O)(=O)NCCC(=O)OCc2ccc(Cl)c(Cl)c2)cn1C. The third-order valence-corrected chi connectivity index (χ3v) is 5.44. The van der Waals surface area contributed by atoms with E-state index in [2.05, 4.69) is 9.71 Å². The number of imidazole rings is 1. The van der Waals surface area contributed by atoms with E-state index in [-0.39, 0.29) is 24.6 Å². The van der Waals surface area contributed by atoms with E-state index in [1.165, 1.54) is 6.20 Å². The number of aryl methyl sites for hydroxylation is 2. The molecule has 0 bridgehead atoms. The van der Waals surface area contributed by atoms with Crippen LogP contribution in [0, 0.1) is 6.92 Å². The molecule has 0 saturated heterocycles. The molecule has 0 aliphatic rings. The highest BCUT2D eigenvalue weighted by Gasteiger charge is 2.18. The number of hydrogen-bond donors (Lipinski definition) is 1. The smallest absolute Gasteiger partial charge is 0.307 e. The van der Waals surface area contributed by atoms with Gasteiger partial charge in [0.15, 0.2) is 5.03 Å². The largest absolute Gasteiger partial charge is 0.461 e. The molecule has 0 saturated carbocycles. The number of halogens is 2. The molecule has 0 unspecified atom stereocenters. The lowest BCUT2D eigenvalue weighted by molar-refractivity contribution is -0.144. The summed E-state index contributed by atoms with van der Waals surface area (Å²) in [6, 6.07) is 4.90. The van der Waals surface area contributed by atoms with E-state index in [0.717, 1.165) is 0 Å². The molecule has 25 heavy (non-hydrogen) atoms. The molecule has 0 aliphatic carbocycles. The van der Waals surface area contributed by atoms with Crippen molar-refractivity contribution in [2.75, 3.05) is 6.54 Å². The van der Waals surface area contributed by atoms with Gasteiger partial charge in [-0.05, 0) is 24.6 Å². The number of carbonyl (C=O) groups is 1. The maximum Gasteiger partial charge on any atom is 0.307 e. The van der Waals surface area contributed by atoms with Gasteiger partial charge >= 0.3 is 5.97 Å². The highest BCUT2D eigenvalue weighted by molar-refractivity contribution is 7.89. The van der Waals surface area contributed by atoms with Crippen LogP contribution in [0.15, 0.2) is 29.4 Å². The fourth-order valence-corrected chi connectivity index (χ4v) is 3.27. The van der Waals surface area contributed by atoms with Crippen molar-refractivity contribution in [1.82, 2.24) is 14.3 Å². The van der Waals surface area contributed by atoms with Crippen LogP contribution in [0.25, 0.3) is 0 Å². The van der Waals surface area contributed by atoms with Gasteiger partial charge in [0, 0.05) is 19.8 Å². The molecule has 2 aromatic rings. The summed E-state index contributed by atoms with van der Waals surface area (Å²) in [5.74, 6) is 0.0346. The van der Waals surface area contributed by atoms with Crippen molar-refractivity contribution in [2.24, 2.45) is 7.05 Å². The maximum absolute atomic E-state index is 12.1. The Morgan fingerprint density at radius 3 is 2.64 bits per heavy atom. The number of carbonyl (C=O) groups excluding carboxylic acids is 1. The van der Waals surface area contributed by atoms with Crippen LogP contribution < -0.4 is 4.72 Å². The van der Waals surface area contributed by atoms with Gasteiger partial charge in [-0.3, -0.25) is 4.79 Å². The Morgan fingerprint density at radius 1 is 1.32 bits per heavy atom. The van der Waals surface area contributed by atoms with Crippen molar-refractivity contribution in [2.45, 2.75) is 25.0 Å². The lowest BCUT2D eigenvalue weighted by Crippen LogP contribution is -2.27. The molecule has 1 heterocycles. The van der Waals surface area contributed by atoms with Crippen molar-refractivity contribution >= 4 is 39.2 Å². The van der Waals surface area contributed by atoms with Crippen LogP contribution in [0.1, 0.15) is 17.8 Å². The third-order valence-electron chi connectivity index (χ3n) is 3.37. The van der Waals surface area contributed by atoms with Crippen LogP contribution >= 0.6 is 23.2 Å². The Balaban J connectivity index is 1.80. The normalized spacial score (nSPS) is 11.5. The summed E-state index contributed by atoms with van der Waals surface area (Å²) >= 11 is 11.7. The van der Waals surface area contributed by atoms with Crippen molar-refractivity contribution in [3.05, 3.63) is 45.8 Å². The average Bonchev–Trinajstić information content (AvgIpc) is 2.88. The molecule has 136 valence electrons. The average molecular weight is 406 g/mol. The quantitative estimate of drug-likeness (QED) is 0.714. The van der Waals surface area contributed by atoms with Crippen molar-refractivity contribution < 1.29 is 17.9 Å². The number of sulfonamides is 1. The van der Waals surface area contributed by atoms with Crippen LogP contribution in [-0.4, -0.2) is 30.5 Å². The van der Waals surface area contributed by atoms with Gasteiger partial charge in [-0.25, -0.2) is 18.1 Å². The van der Waals surface area contributed by atoms with E-state index < -0.39 is 16.0 Å². The van der Waals surface area contributed by atoms with E-state index in [0.29, 0.717) is 21.4 Å². The number of esters is 1. The van der Waals surface area contributed by atoms with Gasteiger partial charge in [-0.15, -0.1) is 0 Å². The Morgan fingerprint density at radius 2 is 2.04 bits per heavy atom. The summed E-state index contributed by atoms with van der Waals surface area (Å²) in [5, 5.41) is 0.696. The summed E-state index contributed by atoms with van der Waals surface area (Å²) in [6.07, 6.45) is 1.30. The monoisotopic (exact) mass is 405 g/mol. The summed E-state index contributed by atoms with van der Waals surface area (Å²) in [5.41, 5.74) is 0.687. The van der Waals surface area contributed by atoms with Gasteiger partial charge in [0.05, 0.1) is 16.5 Å². The number of ether oxygens (including phenoxy) is 1. The predicted molar refractivity (Wildman–Crippen MR) is 94.0 cm³/mol. The number of nitrogens with one attached hydrogen (secondary N) is 1. The lowest BCUT2D eigenvalue weighted by Gasteiger charge is -2.07. The first kappa shape index (κ1) is 19.7. The highest BCUT2D eigenvalue weighted by atomic mass is 35.5. The second-order valence-electron chi connectivity index (χ2n) is 5.29. The van der Waals surface area contributed by atoms with E-state index in [1.807, 2.05) is 0 Å². The Bertz CT molecular complexity index is 861. The molecule has 7 nitrogen and oxygen atoms in total. The molecule has 10 heteroatoms. The van der Waals surface area contributed by atoms with E-state index >= 15 is 0 Å². The number of aromatic nitrogens is 2. The molecule has 0 fully saturated rings. The van der Waals surface area contributed by atoms with Crippen LogP contribution in [0.2, 0.25) is 10.0 Å². The lowest BCUT2D eigenvalue weighted by atomic mass is 10.2. The van der Waals surface area contributed by atoms with Gasteiger partial charge < -0.3 is 9.30 Å². The topological polar surface area (TPSA) is 90.3 Å². The van der Waals surface area contributed by atoms with Gasteiger partial charge in [0.1, 0.15) is 12.4 Å². The maximum atomic E-state index is 12.1. The van der Waals surface area contributed by atoms with Gasteiger partial charge in [0.2, 0.25) is 0 Å². The minimum atomic E-state index is -3.76. The number of hydrogen-bond acceptors (Lipinski definition) is 5. The van der Waals surface area contributed by atoms with Crippen LogP contribution in [0.4, 0.5) is 0 Å². The summed E-state index contributed by atoms with van der Waals surface area (Å²) < 4.78 is 33.1. The zero-order valence-electron chi connectivity index (χ0n) is 13.6. The summed E-state index contributed by atoms with van der Waals surface area (Å²) in [4.78, 5) is 15.7. The molecule has 0 amide bonds. The number of benzene rings is 1. The predicted octanol–water partition coefficient (Wildman–Crippen LogP) is 2.45. The fraction of sp³-hybridized carbons (Fsp3) is 0.333. The molecule has 0 atom stereocenters. The Kier molecular flexibility index (Phi) is 6.45. The number of nitrogens with zero attached hydrogens (tertiary/aromatic N) is 2. The Labute approximate surface area is 156 Å². The standard InChI is InChI=1S/C15H17Cl2N3O4S/c1-10-19-14(8-20(10)2)25(22,23)18-6-5-15(21)24-9-11-3-4-12(16)13(17)7-11/h3-4,7-8,18H,5-6,9H2,1-2H3. The third kappa shape index (κ3) is 5.43. The van der Waals surface area contributed by atoms with Gasteiger partial charge in [0.25, 0.3) is 10.0 Å². The first-order valence-electron chi connectivity index (χ1n) is 7.28. The van der Waals surface area contributed by atoms with Crippen LogP contribution in [0.5, 0.6) is 0 Å². The van der Waals surface area contributed by atoms with Crippen molar-refractivity contribution in [3.8, 4) is 0 Å². The zero-order valence-corrected chi connectivity index (χ0v) is 16.0. The van der Waals surface area contributed by atoms with Crippen LogP contribution in [-0.2, 0) is 33.2 Å². The molecule has 2 rings (SSSR count). The molecule has 1 aromatic heterocycles. The highest BCUT2D eigenvalue weighted by Crippen LogP contribution is 2.22. The molecule has 0 spiro atoms. The van der Waals surface area contributed by atoms with Crippen molar-refractivity contribution in [1.29, 1.82) is 0 Å². The minimum absolute atomic E-state index is 0.0297. The Hall–Kier alpha value is -1.61. The molecule has 0 radical (unpaired) electrons. The van der Waals surface area contributed by atoms with Crippen molar-refractivity contribution in [3.63, 3.8) is 0 Å². The molecular formula is C15H17Cl2N3O4S. The zero-order chi connectivity index (χ0) is 18.6. The number of rotatable bonds is 7. The van der Waals surface area contributed by atoms with Gasteiger partial charge in [-0.2, -0.15) is 0 Å². The van der Waals surface area contributed by atoms with E-state index in [1.54, 1.807) is 36.7 Å². The fourth-order valence-electron chi connectivity index (χ4n) is 1.88. The molecule has 1 aromatic carbocycles. The molecule has 1 N–H and O–H groups in total. The first-order valence-corrected chi connectivity index (χ1v) is 9.52. The summed E-state index contributed by atoms with van der Waals surface area (Å²) in [6.45, 7) is 1.64. The van der Waals surface area contributed by atoms with Crippen LogP contribution in [0.3, 0.4) is 0 Å². The van der Waals surface area contributed by atoms with E-state index in [4.69, 9.17) is 27.9 Å². The van der Waals surface area contributed by atoms with Gasteiger partial charge in [-0.1, -0.05) is 29.3 Å². The summed E-state index contributed by atoms with van der Waals surface area (Å²) in [7, 11) is -2.06. The second-order valence-corrected chi connectivity index (χ2v) is 7.82. The minimum Gasteiger partial charge on any atom is -0.461 e. The molecule has 0 aliphatic heterocycles.